The van der Waals surface area contributed by atoms with Gasteiger partial charge in [0, 0.05) is 37.3 Å². The molecule has 7 rings (SSSR count). The summed E-state index contributed by atoms with van der Waals surface area (Å²) in [7, 11) is -1.56. The molecule has 0 aliphatic heterocycles. The second-order valence-corrected chi connectivity index (χ2v) is 16.4. The fourth-order valence-corrected chi connectivity index (χ4v) is 9.40. The first-order valence-electron chi connectivity index (χ1n) is 17.6. The van der Waals surface area contributed by atoms with Crippen molar-refractivity contribution in [1.29, 1.82) is 0 Å². The molecule has 5 nitrogen and oxygen atoms in total. The molecule has 7 heteroatoms. The summed E-state index contributed by atoms with van der Waals surface area (Å²) >= 11 is 6.93. The van der Waals surface area contributed by atoms with Crippen LogP contribution in [-0.4, -0.2) is 18.7 Å². The third-order valence-electron chi connectivity index (χ3n) is 9.10. The summed E-state index contributed by atoms with van der Waals surface area (Å²) in [5.41, 5.74) is 2.49. The van der Waals surface area contributed by atoms with Crippen LogP contribution in [0.4, 0.5) is 0 Å². The number of aromatic hydroxyl groups is 1. The van der Waals surface area contributed by atoms with Crippen LogP contribution in [0.1, 0.15) is 37.5 Å². The number of ether oxygens (including phenoxy) is 4. The second-order valence-electron chi connectivity index (χ2n) is 13.9. The zero-order valence-corrected chi connectivity index (χ0v) is 31.7. The van der Waals surface area contributed by atoms with Crippen molar-refractivity contribution >= 4 is 57.0 Å². The number of benzene rings is 7. The van der Waals surface area contributed by atoms with E-state index in [9.17, 15) is 5.11 Å². The molecular weight excluding hydrogens is 699 g/mol. The van der Waals surface area contributed by atoms with Gasteiger partial charge in [-0.05, 0) is 59.5 Å². The molecule has 53 heavy (non-hydrogen) atoms. The number of phenols is 1. The number of hydrogen-bond donors (Lipinski definition) is 1. The Balaban J connectivity index is 1.39. The summed E-state index contributed by atoms with van der Waals surface area (Å²) in [6, 6.07) is 48.5. The van der Waals surface area contributed by atoms with E-state index in [2.05, 4.69) is 69.3 Å². The van der Waals surface area contributed by atoms with Gasteiger partial charge in [-0.25, -0.2) is 0 Å². The molecule has 0 unspecified atom stereocenters. The van der Waals surface area contributed by atoms with E-state index in [1.165, 1.54) is 0 Å². The van der Waals surface area contributed by atoms with E-state index < -0.39 is 7.92 Å². The molecule has 1 N–H and O–H groups in total. The Morgan fingerprint density at radius 1 is 0.547 bits per heavy atom. The summed E-state index contributed by atoms with van der Waals surface area (Å²) in [6.45, 7) is 7.11. The summed E-state index contributed by atoms with van der Waals surface area (Å²) < 4.78 is 25.5. The Hall–Kier alpha value is -4.90. The van der Waals surface area contributed by atoms with Crippen LogP contribution in [-0.2, 0) is 28.1 Å². The van der Waals surface area contributed by atoms with E-state index in [0.717, 1.165) is 48.8 Å². The number of fused-ring (bicyclic) bond motifs is 2. The van der Waals surface area contributed by atoms with E-state index in [-0.39, 0.29) is 24.8 Å². The SMILES string of the molecule is CC(C)(C)c1cc(Cl)cc(P(c2ccc3ccccc3c2OCOCc2ccccc2)c2ccc3ccccc3c2OCOCc2ccccc2)c1O. The van der Waals surface area contributed by atoms with E-state index in [1.807, 2.05) is 97.1 Å². The Kier molecular flexibility index (Phi) is 11.3. The van der Waals surface area contributed by atoms with Crippen LogP contribution in [0, 0.1) is 0 Å². The lowest BCUT2D eigenvalue weighted by Gasteiger charge is -2.29. The average molecular weight is 741 g/mol. The Morgan fingerprint density at radius 3 is 1.47 bits per heavy atom. The molecule has 268 valence electrons. The van der Waals surface area contributed by atoms with Gasteiger partial charge in [-0.2, -0.15) is 0 Å². The van der Waals surface area contributed by atoms with Crippen LogP contribution in [0.2, 0.25) is 5.02 Å². The molecule has 0 heterocycles. The van der Waals surface area contributed by atoms with Crippen molar-refractivity contribution in [2.75, 3.05) is 13.6 Å². The molecule has 0 radical (unpaired) electrons. The number of hydrogen-bond acceptors (Lipinski definition) is 5. The minimum Gasteiger partial charge on any atom is -0.507 e. The van der Waals surface area contributed by atoms with E-state index in [0.29, 0.717) is 35.0 Å². The average Bonchev–Trinajstić information content (AvgIpc) is 3.17. The molecule has 0 aliphatic rings. The first-order valence-corrected chi connectivity index (χ1v) is 19.4. The maximum atomic E-state index is 12.3. The molecule has 0 aromatic heterocycles. The van der Waals surface area contributed by atoms with Gasteiger partial charge in [-0.3, -0.25) is 0 Å². The van der Waals surface area contributed by atoms with Gasteiger partial charge in [0.25, 0.3) is 0 Å². The molecule has 0 bridgehead atoms. The Morgan fingerprint density at radius 2 is 1.00 bits per heavy atom. The fourth-order valence-electron chi connectivity index (χ4n) is 6.50. The third kappa shape index (κ3) is 8.35. The number of phenolic OH excluding ortho intramolecular Hbond substituents is 1. The molecule has 0 spiro atoms. The highest BCUT2D eigenvalue weighted by molar-refractivity contribution is 7.80. The predicted octanol–water partition coefficient (Wildman–Crippen LogP) is 10.5. The van der Waals surface area contributed by atoms with Crippen LogP contribution in [0.5, 0.6) is 17.2 Å². The molecule has 0 amide bonds. The summed E-state index contributed by atoms with van der Waals surface area (Å²) in [5, 5.41) is 19.2. The summed E-state index contributed by atoms with van der Waals surface area (Å²) in [6.07, 6.45) is 0. The quantitative estimate of drug-likeness (QED) is 0.0725. The van der Waals surface area contributed by atoms with Crippen molar-refractivity contribution in [2.45, 2.75) is 39.4 Å². The van der Waals surface area contributed by atoms with Crippen molar-refractivity contribution in [3.63, 3.8) is 0 Å². The smallest absolute Gasteiger partial charge is 0.189 e. The number of halogens is 1. The Bertz CT molecular complexity index is 2190. The lowest BCUT2D eigenvalue weighted by molar-refractivity contribution is 0.00645. The zero-order valence-electron chi connectivity index (χ0n) is 30.1. The largest absolute Gasteiger partial charge is 0.507 e. The minimum atomic E-state index is -1.56. The highest BCUT2D eigenvalue weighted by Gasteiger charge is 2.32. The summed E-state index contributed by atoms with van der Waals surface area (Å²) in [4.78, 5) is 0. The van der Waals surface area contributed by atoms with Gasteiger partial charge in [-0.1, -0.05) is 154 Å². The minimum absolute atomic E-state index is 0.0300. The highest BCUT2D eigenvalue weighted by Crippen LogP contribution is 2.47. The maximum absolute atomic E-state index is 12.3. The third-order valence-corrected chi connectivity index (χ3v) is 11.8. The van der Waals surface area contributed by atoms with Crippen molar-refractivity contribution in [1.82, 2.24) is 0 Å². The monoisotopic (exact) mass is 740 g/mol. The van der Waals surface area contributed by atoms with E-state index in [1.54, 1.807) is 0 Å². The fraction of sp³-hybridized carbons (Fsp3) is 0.174. The molecule has 0 aliphatic carbocycles. The van der Waals surface area contributed by atoms with Gasteiger partial charge in [-0.15, -0.1) is 0 Å². The van der Waals surface area contributed by atoms with E-state index in [4.69, 9.17) is 30.5 Å². The van der Waals surface area contributed by atoms with Crippen LogP contribution in [0.15, 0.2) is 146 Å². The molecule has 0 saturated carbocycles. The molecule has 0 atom stereocenters. The lowest BCUT2D eigenvalue weighted by Crippen LogP contribution is -2.26. The first kappa shape index (κ1) is 36.5. The predicted molar refractivity (Wildman–Crippen MR) is 219 cm³/mol. The normalized spacial score (nSPS) is 11.7. The van der Waals surface area contributed by atoms with Gasteiger partial charge >= 0.3 is 0 Å². The zero-order chi connectivity index (χ0) is 36.8. The van der Waals surface area contributed by atoms with Crippen LogP contribution in [0.25, 0.3) is 21.5 Å². The van der Waals surface area contributed by atoms with E-state index >= 15 is 0 Å². The van der Waals surface area contributed by atoms with Gasteiger partial charge < -0.3 is 24.1 Å². The second kappa shape index (κ2) is 16.4. The summed E-state index contributed by atoms with van der Waals surface area (Å²) in [5.74, 6) is 1.56. The van der Waals surface area contributed by atoms with Crippen LogP contribution in [0.3, 0.4) is 0 Å². The lowest BCUT2D eigenvalue weighted by atomic mass is 9.86. The molecule has 7 aromatic carbocycles. The van der Waals surface area contributed by atoms with Crippen molar-refractivity contribution < 1.29 is 24.1 Å². The topological polar surface area (TPSA) is 57.2 Å². The van der Waals surface area contributed by atoms with Crippen molar-refractivity contribution in [3.05, 3.63) is 167 Å². The van der Waals surface area contributed by atoms with Gasteiger partial charge in [0.2, 0.25) is 0 Å². The van der Waals surface area contributed by atoms with Gasteiger partial charge in [0.05, 0.1) is 13.2 Å². The van der Waals surface area contributed by atoms with Crippen molar-refractivity contribution in [3.8, 4) is 17.2 Å². The first-order chi connectivity index (χ1) is 25.8. The van der Waals surface area contributed by atoms with Crippen LogP contribution < -0.4 is 25.4 Å². The Labute approximate surface area is 317 Å². The van der Waals surface area contributed by atoms with Crippen molar-refractivity contribution in [2.24, 2.45) is 0 Å². The maximum Gasteiger partial charge on any atom is 0.189 e. The molecule has 7 aromatic rings. The molecular formula is C46H42ClO5P. The van der Waals surface area contributed by atoms with Crippen LogP contribution >= 0.6 is 19.5 Å². The highest BCUT2D eigenvalue weighted by atomic mass is 35.5. The number of rotatable bonds is 13. The van der Waals surface area contributed by atoms with Gasteiger partial charge in [0.15, 0.2) is 13.6 Å². The van der Waals surface area contributed by atoms with Gasteiger partial charge in [0.1, 0.15) is 17.2 Å². The molecule has 0 saturated heterocycles. The molecule has 0 fully saturated rings. The standard InChI is InChI=1S/C46H42ClO5P/c1-46(2,3)39-26-36(47)27-42(43(39)48)53(40-24-22-34-18-10-12-20-37(34)44(40)51-30-49-28-32-14-6-4-7-15-32)41-25-23-35-19-11-13-21-38(35)45(41)52-31-50-29-33-16-8-5-9-17-33/h4-27,48H,28-31H2,1-3H3.